The number of carbonyl (C=O) groups is 1. The van der Waals surface area contributed by atoms with Gasteiger partial charge in [-0.1, -0.05) is 6.07 Å². The molecule has 0 bridgehead atoms. The van der Waals surface area contributed by atoms with Crippen LogP contribution in [0.5, 0.6) is 0 Å². The molecule has 0 radical (unpaired) electrons. The van der Waals surface area contributed by atoms with E-state index < -0.39 is 0 Å². The number of amides is 1. The Morgan fingerprint density at radius 3 is 2.61 bits per heavy atom. The molecule has 0 spiro atoms. The average molecular weight is 396 g/mol. The summed E-state index contributed by atoms with van der Waals surface area (Å²) in [4.78, 5) is 21.8. The fourth-order valence-electron chi connectivity index (χ4n) is 3.39. The molecule has 2 fully saturated rings. The first-order valence-corrected chi connectivity index (χ1v) is 10.5. The van der Waals surface area contributed by atoms with Crippen molar-refractivity contribution in [2.45, 2.75) is 33.1 Å². The van der Waals surface area contributed by atoms with Crippen LogP contribution in [0.25, 0.3) is 6.08 Å². The quantitative estimate of drug-likeness (QED) is 0.677. The maximum absolute atomic E-state index is 12.6. The Balaban J connectivity index is 1.54. The Kier molecular flexibility index (Phi) is 5.31. The van der Waals surface area contributed by atoms with Gasteiger partial charge >= 0.3 is 0 Å². The molecule has 4 rings (SSSR count). The highest BCUT2D eigenvalue weighted by atomic mass is 32.2. The summed E-state index contributed by atoms with van der Waals surface area (Å²) in [5.41, 5.74) is 3.28. The lowest BCUT2D eigenvalue weighted by atomic mass is 10.1. The zero-order valence-corrected chi connectivity index (χ0v) is 17.4. The van der Waals surface area contributed by atoms with E-state index in [9.17, 15) is 4.79 Å². The lowest BCUT2D eigenvalue weighted by Crippen LogP contribution is -2.28. The van der Waals surface area contributed by atoms with Crippen LogP contribution >= 0.6 is 11.8 Å². The fourth-order valence-corrected chi connectivity index (χ4v) is 4.36. The van der Waals surface area contributed by atoms with Gasteiger partial charge in [0.05, 0.1) is 10.6 Å². The number of aliphatic imine (C=N–C) groups is 1. The van der Waals surface area contributed by atoms with Crippen LogP contribution < -0.4 is 4.90 Å². The van der Waals surface area contributed by atoms with E-state index in [4.69, 9.17) is 4.42 Å². The van der Waals surface area contributed by atoms with Crippen LogP contribution in [0.1, 0.15) is 36.1 Å². The number of likely N-dealkylation sites (N-methyl/N-ethyl adjacent to an activating group) is 1. The highest BCUT2D eigenvalue weighted by molar-refractivity contribution is 8.18. The topological polar surface area (TPSA) is 49.1 Å². The molecule has 1 aromatic carbocycles. The number of furan rings is 1. The second-order valence-electron chi connectivity index (χ2n) is 7.36. The SMILES string of the molecule is Cc1ccc(N=C2S/C(=C/c3ccc(N4CCCCC4)o3)C(=O)N2C)cc1C. The van der Waals surface area contributed by atoms with Crippen molar-refractivity contribution >= 4 is 40.5 Å². The van der Waals surface area contributed by atoms with Gasteiger partial charge < -0.3 is 9.32 Å². The van der Waals surface area contributed by atoms with Crippen LogP contribution in [-0.4, -0.2) is 36.1 Å². The van der Waals surface area contributed by atoms with Gasteiger partial charge in [-0.05, 0) is 74.2 Å². The van der Waals surface area contributed by atoms with Gasteiger partial charge in [-0.2, -0.15) is 0 Å². The van der Waals surface area contributed by atoms with Crippen LogP contribution in [0, 0.1) is 13.8 Å². The molecular weight excluding hydrogens is 370 g/mol. The summed E-state index contributed by atoms with van der Waals surface area (Å²) in [5.74, 6) is 1.54. The maximum atomic E-state index is 12.6. The zero-order chi connectivity index (χ0) is 19.7. The first kappa shape index (κ1) is 18.9. The highest BCUT2D eigenvalue weighted by Gasteiger charge is 2.30. The Hall–Kier alpha value is -2.47. The molecule has 1 aromatic heterocycles. The second-order valence-corrected chi connectivity index (χ2v) is 8.37. The summed E-state index contributed by atoms with van der Waals surface area (Å²) in [6.45, 7) is 6.21. The third-order valence-electron chi connectivity index (χ3n) is 5.27. The number of rotatable bonds is 3. The Bertz CT molecular complexity index is 954. The van der Waals surface area contributed by atoms with Crippen molar-refractivity contribution in [3.8, 4) is 0 Å². The third-order valence-corrected chi connectivity index (χ3v) is 6.33. The van der Waals surface area contributed by atoms with Crippen molar-refractivity contribution in [2.75, 3.05) is 25.0 Å². The van der Waals surface area contributed by atoms with E-state index in [0.717, 1.165) is 24.7 Å². The first-order chi connectivity index (χ1) is 13.5. The molecule has 146 valence electrons. The number of thioether (sulfide) groups is 1. The maximum Gasteiger partial charge on any atom is 0.266 e. The van der Waals surface area contributed by atoms with Crippen LogP contribution in [0.3, 0.4) is 0 Å². The smallest absolute Gasteiger partial charge is 0.266 e. The molecule has 1 amide bonds. The van der Waals surface area contributed by atoms with Crippen LogP contribution in [0.15, 0.2) is 44.6 Å². The minimum atomic E-state index is -0.0523. The van der Waals surface area contributed by atoms with Gasteiger partial charge in [0.15, 0.2) is 11.1 Å². The monoisotopic (exact) mass is 395 g/mol. The summed E-state index contributed by atoms with van der Waals surface area (Å²) in [6.07, 6.45) is 5.51. The molecule has 0 saturated carbocycles. The molecule has 0 atom stereocenters. The number of aryl methyl sites for hydroxylation is 2. The molecule has 0 aliphatic carbocycles. The molecule has 28 heavy (non-hydrogen) atoms. The van der Waals surface area contributed by atoms with Crippen molar-refractivity contribution in [1.82, 2.24) is 4.90 Å². The van der Waals surface area contributed by atoms with Gasteiger partial charge in [0.2, 0.25) is 0 Å². The van der Waals surface area contributed by atoms with Crippen molar-refractivity contribution in [3.63, 3.8) is 0 Å². The lowest BCUT2D eigenvalue weighted by molar-refractivity contribution is -0.121. The molecule has 6 heteroatoms. The summed E-state index contributed by atoms with van der Waals surface area (Å²) in [5, 5.41) is 0.683. The number of benzene rings is 1. The Morgan fingerprint density at radius 2 is 1.86 bits per heavy atom. The number of piperidine rings is 1. The number of carbonyl (C=O) groups excluding carboxylic acids is 1. The Labute approximate surface area is 170 Å². The van der Waals surface area contributed by atoms with E-state index in [1.807, 2.05) is 30.3 Å². The van der Waals surface area contributed by atoms with E-state index >= 15 is 0 Å². The highest BCUT2D eigenvalue weighted by Crippen LogP contribution is 2.34. The standard InChI is InChI=1S/C22H25N3O2S/c1-15-7-8-17(13-16(15)2)23-22-24(3)21(26)19(28-22)14-18-9-10-20(27-18)25-11-5-4-6-12-25/h7-10,13-14H,4-6,11-12H2,1-3H3/b19-14+,23-22?. The molecular formula is C22H25N3O2S. The lowest BCUT2D eigenvalue weighted by Gasteiger charge is -2.25. The molecule has 2 aromatic rings. The first-order valence-electron chi connectivity index (χ1n) is 9.69. The normalized spacial score (nSPS) is 20.6. The molecule has 2 aliphatic heterocycles. The van der Waals surface area contributed by atoms with Crippen molar-refractivity contribution in [1.29, 1.82) is 0 Å². The minimum absolute atomic E-state index is 0.0523. The molecule has 0 N–H and O–H groups in total. The summed E-state index contributed by atoms with van der Waals surface area (Å²) >= 11 is 1.39. The number of amidine groups is 1. The van der Waals surface area contributed by atoms with E-state index in [2.05, 4.69) is 29.8 Å². The molecule has 3 heterocycles. The van der Waals surface area contributed by atoms with Gasteiger partial charge in [0.25, 0.3) is 5.91 Å². The molecule has 0 unspecified atom stereocenters. The van der Waals surface area contributed by atoms with E-state index in [1.165, 1.54) is 42.2 Å². The van der Waals surface area contributed by atoms with E-state index in [-0.39, 0.29) is 5.91 Å². The summed E-state index contributed by atoms with van der Waals surface area (Å²) in [6, 6.07) is 10.0. The molecule has 2 aliphatic rings. The van der Waals surface area contributed by atoms with Crippen molar-refractivity contribution in [2.24, 2.45) is 4.99 Å². The number of anilines is 1. The van der Waals surface area contributed by atoms with Crippen molar-refractivity contribution in [3.05, 3.63) is 52.1 Å². The van der Waals surface area contributed by atoms with E-state index in [0.29, 0.717) is 15.8 Å². The number of nitrogens with zero attached hydrogens (tertiary/aromatic N) is 3. The number of hydrogen-bond acceptors (Lipinski definition) is 5. The third kappa shape index (κ3) is 3.87. The zero-order valence-electron chi connectivity index (χ0n) is 16.6. The average Bonchev–Trinajstić information content (AvgIpc) is 3.27. The number of hydrogen-bond donors (Lipinski definition) is 0. The van der Waals surface area contributed by atoms with E-state index in [1.54, 1.807) is 11.9 Å². The summed E-state index contributed by atoms with van der Waals surface area (Å²) < 4.78 is 5.98. The van der Waals surface area contributed by atoms with Gasteiger partial charge in [0.1, 0.15) is 5.76 Å². The van der Waals surface area contributed by atoms with Crippen LogP contribution in [0.4, 0.5) is 11.6 Å². The van der Waals surface area contributed by atoms with Gasteiger partial charge in [-0.15, -0.1) is 0 Å². The van der Waals surface area contributed by atoms with Gasteiger partial charge in [0, 0.05) is 32.3 Å². The second kappa shape index (κ2) is 7.87. The van der Waals surface area contributed by atoms with Crippen LogP contribution in [0.2, 0.25) is 0 Å². The Morgan fingerprint density at radius 1 is 1.07 bits per heavy atom. The van der Waals surface area contributed by atoms with Crippen molar-refractivity contribution < 1.29 is 9.21 Å². The summed E-state index contributed by atoms with van der Waals surface area (Å²) in [7, 11) is 1.76. The predicted molar refractivity (Wildman–Crippen MR) is 116 cm³/mol. The molecule has 2 saturated heterocycles. The predicted octanol–water partition coefficient (Wildman–Crippen LogP) is 5.12. The fraction of sp³-hybridized carbons (Fsp3) is 0.364. The molecule has 5 nitrogen and oxygen atoms in total. The van der Waals surface area contributed by atoms with Crippen LogP contribution in [-0.2, 0) is 4.79 Å². The van der Waals surface area contributed by atoms with Gasteiger partial charge in [-0.25, -0.2) is 4.99 Å². The van der Waals surface area contributed by atoms with Gasteiger partial charge in [-0.3, -0.25) is 9.69 Å². The minimum Gasteiger partial charge on any atom is -0.441 e. The largest absolute Gasteiger partial charge is 0.441 e.